The average Bonchev–Trinajstić information content (AvgIpc) is 2.47. The van der Waals surface area contributed by atoms with Crippen LogP contribution in [0.25, 0.3) is 0 Å². The molecular weight excluding hydrogens is 296 g/mol. The zero-order chi connectivity index (χ0) is 15.5. The van der Waals surface area contributed by atoms with E-state index in [0.717, 1.165) is 24.3 Å². The van der Waals surface area contributed by atoms with E-state index in [2.05, 4.69) is 4.74 Å². The number of hydrogen-bond acceptors (Lipinski definition) is 5. The van der Waals surface area contributed by atoms with Gasteiger partial charge in [-0.3, -0.25) is 4.55 Å². The van der Waals surface area contributed by atoms with Gasteiger partial charge in [0, 0.05) is 0 Å². The molecule has 0 aliphatic heterocycles. The van der Waals surface area contributed by atoms with Crippen molar-refractivity contribution in [2.75, 3.05) is 0 Å². The smallest absolute Gasteiger partial charge is 0.346 e. The van der Waals surface area contributed by atoms with Crippen molar-refractivity contribution in [1.82, 2.24) is 0 Å². The van der Waals surface area contributed by atoms with Gasteiger partial charge < -0.3 is 4.74 Å². The maximum atomic E-state index is 11.7. The lowest BCUT2D eigenvalue weighted by atomic mass is 10.2. The summed E-state index contributed by atoms with van der Waals surface area (Å²) in [4.78, 5) is 23.1. The predicted molar refractivity (Wildman–Crippen MR) is 72.4 cm³/mol. The van der Waals surface area contributed by atoms with Crippen LogP contribution in [0.2, 0.25) is 0 Å². The van der Waals surface area contributed by atoms with Gasteiger partial charge >= 0.3 is 11.9 Å². The van der Waals surface area contributed by atoms with Crippen LogP contribution in [-0.2, 0) is 14.9 Å². The van der Waals surface area contributed by atoms with Crippen LogP contribution < -0.4 is 0 Å². The molecule has 7 heteroatoms. The van der Waals surface area contributed by atoms with E-state index in [0.29, 0.717) is 0 Å². The summed E-state index contributed by atoms with van der Waals surface area (Å²) in [6.45, 7) is 0. The van der Waals surface area contributed by atoms with Crippen molar-refractivity contribution in [3.8, 4) is 0 Å². The molecule has 0 saturated carbocycles. The molecule has 0 saturated heterocycles. The summed E-state index contributed by atoms with van der Waals surface area (Å²) in [5.41, 5.74) is 0.215. The molecule has 0 radical (unpaired) electrons. The minimum absolute atomic E-state index is 0.00770. The third kappa shape index (κ3) is 3.74. The molecule has 0 unspecified atom stereocenters. The summed E-state index contributed by atoms with van der Waals surface area (Å²) in [5.74, 6) is -1.72. The SMILES string of the molecule is O=C(OC(=O)c1ccc(S(=O)(=O)O)cc1)c1ccccc1. The van der Waals surface area contributed by atoms with E-state index in [4.69, 9.17) is 4.55 Å². The van der Waals surface area contributed by atoms with E-state index in [9.17, 15) is 18.0 Å². The zero-order valence-electron chi connectivity index (χ0n) is 10.6. The quantitative estimate of drug-likeness (QED) is 0.528. The first kappa shape index (κ1) is 14.9. The van der Waals surface area contributed by atoms with Crippen molar-refractivity contribution >= 4 is 22.1 Å². The van der Waals surface area contributed by atoms with Crippen molar-refractivity contribution in [1.29, 1.82) is 0 Å². The van der Waals surface area contributed by atoms with Gasteiger partial charge in [0.05, 0.1) is 16.0 Å². The van der Waals surface area contributed by atoms with Crippen LogP contribution in [0.3, 0.4) is 0 Å². The first-order valence-corrected chi connectivity index (χ1v) is 7.21. The molecule has 0 aliphatic rings. The summed E-state index contributed by atoms with van der Waals surface area (Å²) in [6.07, 6.45) is 0. The molecule has 0 heterocycles. The van der Waals surface area contributed by atoms with Crippen LogP contribution in [0.1, 0.15) is 20.7 Å². The molecule has 2 aromatic carbocycles. The maximum absolute atomic E-state index is 11.7. The van der Waals surface area contributed by atoms with Gasteiger partial charge in [-0.2, -0.15) is 8.42 Å². The van der Waals surface area contributed by atoms with Gasteiger partial charge in [-0.15, -0.1) is 0 Å². The molecule has 0 amide bonds. The molecule has 0 atom stereocenters. The molecule has 6 nitrogen and oxygen atoms in total. The minimum atomic E-state index is -4.33. The van der Waals surface area contributed by atoms with Crippen molar-refractivity contribution in [2.45, 2.75) is 4.90 Å². The average molecular weight is 306 g/mol. The molecule has 0 bridgehead atoms. The number of benzene rings is 2. The zero-order valence-corrected chi connectivity index (χ0v) is 11.4. The Hall–Kier alpha value is -2.51. The lowest BCUT2D eigenvalue weighted by Gasteiger charge is -2.03. The fourth-order valence-corrected chi connectivity index (χ4v) is 2.02. The van der Waals surface area contributed by atoms with Crippen LogP contribution in [0, 0.1) is 0 Å². The third-order valence-electron chi connectivity index (χ3n) is 2.58. The number of esters is 2. The highest BCUT2D eigenvalue weighted by molar-refractivity contribution is 7.85. The topological polar surface area (TPSA) is 97.7 Å². The number of rotatable bonds is 3. The van der Waals surface area contributed by atoms with E-state index >= 15 is 0 Å². The Balaban J connectivity index is 2.12. The Bertz CT molecular complexity index is 763. The Labute approximate surface area is 120 Å². The van der Waals surface area contributed by atoms with Gasteiger partial charge in [0.15, 0.2) is 0 Å². The van der Waals surface area contributed by atoms with E-state index in [1.54, 1.807) is 18.2 Å². The van der Waals surface area contributed by atoms with E-state index in [1.165, 1.54) is 12.1 Å². The third-order valence-corrected chi connectivity index (χ3v) is 3.45. The second-order valence-electron chi connectivity index (χ2n) is 4.04. The molecule has 108 valence electrons. The molecule has 0 aromatic heterocycles. The van der Waals surface area contributed by atoms with Crippen molar-refractivity contribution in [3.63, 3.8) is 0 Å². The van der Waals surface area contributed by atoms with Gasteiger partial charge in [-0.25, -0.2) is 9.59 Å². The van der Waals surface area contributed by atoms with Gasteiger partial charge in [-0.1, -0.05) is 18.2 Å². The fourth-order valence-electron chi connectivity index (χ4n) is 1.54. The second-order valence-corrected chi connectivity index (χ2v) is 5.46. The van der Waals surface area contributed by atoms with Gasteiger partial charge in [0.2, 0.25) is 0 Å². The van der Waals surface area contributed by atoms with E-state index < -0.39 is 22.1 Å². The predicted octanol–water partition coefficient (Wildman–Crippen LogP) is 1.93. The molecule has 0 aliphatic carbocycles. The molecule has 1 N–H and O–H groups in total. The number of hydrogen-bond donors (Lipinski definition) is 1. The molecule has 21 heavy (non-hydrogen) atoms. The minimum Gasteiger partial charge on any atom is -0.386 e. The normalized spacial score (nSPS) is 10.9. The largest absolute Gasteiger partial charge is 0.386 e. The summed E-state index contributed by atoms with van der Waals surface area (Å²) >= 11 is 0. The van der Waals surface area contributed by atoms with Crippen LogP contribution in [0.15, 0.2) is 59.5 Å². The van der Waals surface area contributed by atoms with E-state index in [-0.39, 0.29) is 16.0 Å². The van der Waals surface area contributed by atoms with Gasteiger partial charge in [-0.05, 0) is 36.4 Å². The van der Waals surface area contributed by atoms with Gasteiger partial charge in [0.25, 0.3) is 10.1 Å². The molecular formula is C14H10O6S. The van der Waals surface area contributed by atoms with Crippen molar-refractivity contribution < 1.29 is 27.3 Å². The standard InChI is InChI=1S/C14H10O6S/c15-13(10-4-2-1-3-5-10)20-14(16)11-6-8-12(9-7-11)21(17,18)19/h1-9H,(H,17,18,19). The monoisotopic (exact) mass is 306 g/mol. The van der Waals surface area contributed by atoms with Crippen molar-refractivity contribution in [3.05, 3.63) is 65.7 Å². The second kappa shape index (κ2) is 5.86. The maximum Gasteiger partial charge on any atom is 0.346 e. The first-order chi connectivity index (χ1) is 9.88. The molecule has 0 spiro atoms. The highest BCUT2D eigenvalue weighted by Gasteiger charge is 2.16. The fraction of sp³-hybridized carbons (Fsp3) is 0. The Morgan fingerprint density at radius 3 is 1.76 bits per heavy atom. The molecule has 0 fully saturated rings. The van der Waals surface area contributed by atoms with Crippen LogP contribution in [0.5, 0.6) is 0 Å². The highest BCUT2D eigenvalue weighted by Crippen LogP contribution is 2.12. The Morgan fingerprint density at radius 1 is 0.810 bits per heavy atom. The molecule has 2 aromatic rings. The lowest BCUT2D eigenvalue weighted by molar-refractivity contribution is 0.0397. The Kier molecular flexibility index (Phi) is 4.15. The molecule has 2 rings (SSSR count). The Morgan fingerprint density at radius 2 is 1.29 bits per heavy atom. The summed E-state index contributed by atoms with van der Waals surface area (Å²) in [7, 11) is -4.33. The van der Waals surface area contributed by atoms with Crippen molar-refractivity contribution in [2.24, 2.45) is 0 Å². The van der Waals surface area contributed by atoms with Crippen LogP contribution >= 0.6 is 0 Å². The van der Waals surface area contributed by atoms with Crippen LogP contribution in [0.4, 0.5) is 0 Å². The number of carbonyl (C=O) groups is 2. The first-order valence-electron chi connectivity index (χ1n) is 5.77. The lowest BCUT2D eigenvalue weighted by Crippen LogP contribution is -2.13. The van der Waals surface area contributed by atoms with Gasteiger partial charge in [0.1, 0.15) is 0 Å². The summed E-state index contributed by atoms with van der Waals surface area (Å²) < 4.78 is 35.2. The summed E-state index contributed by atoms with van der Waals surface area (Å²) in [6, 6.07) is 12.3. The van der Waals surface area contributed by atoms with E-state index in [1.807, 2.05) is 0 Å². The number of carbonyl (C=O) groups excluding carboxylic acids is 2. The van der Waals surface area contributed by atoms with Crippen LogP contribution in [-0.4, -0.2) is 24.9 Å². The summed E-state index contributed by atoms with van der Waals surface area (Å²) in [5, 5.41) is 0. The number of ether oxygens (including phenoxy) is 1. The highest BCUT2D eigenvalue weighted by atomic mass is 32.2.